The van der Waals surface area contributed by atoms with Gasteiger partial charge in [-0.05, 0) is 49.0 Å². The topological polar surface area (TPSA) is 50.8 Å². The summed E-state index contributed by atoms with van der Waals surface area (Å²) in [5.41, 5.74) is 1.10. The number of rotatable bonds is 7. The second-order valence-electron chi connectivity index (χ2n) is 5.76. The summed E-state index contributed by atoms with van der Waals surface area (Å²) in [5, 5.41) is 3.97. The predicted molar refractivity (Wildman–Crippen MR) is 107 cm³/mol. The van der Waals surface area contributed by atoms with Gasteiger partial charge in [-0.3, -0.25) is 0 Å². The summed E-state index contributed by atoms with van der Waals surface area (Å²) in [7, 11) is 5.20. The Labute approximate surface area is 165 Å². The molecule has 2 aromatic rings. The number of halogens is 2. The van der Waals surface area contributed by atoms with E-state index in [1.54, 1.807) is 38.4 Å². The van der Waals surface area contributed by atoms with Crippen LogP contribution in [0.3, 0.4) is 0 Å². The van der Waals surface area contributed by atoms with E-state index >= 15 is 0 Å². The van der Waals surface area contributed by atoms with Crippen molar-refractivity contribution >= 4 is 30.1 Å². The number of ether oxygens (including phenoxy) is 2. The van der Waals surface area contributed by atoms with E-state index in [1.165, 1.54) is 4.90 Å². The molecule has 0 radical (unpaired) electrons. The molecular weight excluding hydrogens is 375 g/mol. The molecule has 5 nitrogen and oxygen atoms in total. The first-order valence-electron chi connectivity index (χ1n) is 8.04. The average molecular weight is 399 g/mol. The molecule has 1 N–H and O–H groups in total. The Balaban J connectivity index is 0.00000338. The van der Waals surface area contributed by atoms with Gasteiger partial charge in [-0.25, -0.2) is 4.79 Å². The number of carbonyl (C=O) groups excluding carboxylic acids is 1. The number of benzene rings is 2. The fraction of sp³-hybridized carbons (Fsp3) is 0.316. The average Bonchev–Trinajstić information content (AvgIpc) is 2.61. The molecule has 142 valence electrons. The monoisotopic (exact) mass is 398 g/mol. The molecule has 0 saturated heterocycles. The van der Waals surface area contributed by atoms with Crippen LogP contribution in [0.1, 0.15) is 18.0 Å². The Morgan fingerprint density at radius 3 is 2.19 bits per heavy atom. The zero-order valence-corrected chi connectivity index (χ0v) is 16.6. The summed E-state index contributed by atoms with van der Waals surface area (Å²) >= 11 is 5.86. The summed E-state index contributed by atoms with van der Waals surface area (Å²) in [6, 6.07) is 14.9. The Morgan fingerprint density at radius 2 is 1.65 bits per heavy atom. The molecule has 2 rings (SSSR count). The van der Waals surface area contributed by atoms with Crippen LogP contribution in [-0.2, 0) is 0 Å². The number of nitrogens with one attached hydrogen (secondary N) is 1. The van der Waals surface area contributed by atoms with Gasteiger partial charge in [-0.15, -0.1) is 12.4 Å². The third-order valence-electron chi connectivity index (χ3n) is 3.69. The van der Waals surface area contributed by atoms with Crippen molar-refractivity contribution in [1.29, 1.82) is 0 Å². The molecule has 0 fully saturated rings. The van der Waals surface area contributed by atoms with Gasteiger partial charge in [0.1, 0.15) is 11.5 Å². The van der Waals surface area contributed by atoms with Crippen LogP contribution in [0.15, 0.2) is 48.5 Å². The molecule has 0 saturated carbocycles. The lowest BCUT2D eigenvalue weighted by Gasteiger charge is -2.18. The smallest absolute Gasteiger partial charge is 0.414 e. The second-order valence-corrected chi connectivity index (χ2v) is 6.20. The highest BCUT2D eigenvalue weighted by molar-refractivity contribution is 6.30. The predicted octanol–water partition coefficient (Wildman–Crippen LogP) is 4.55. The van der Waals surface area contributed by atoms with Gasteiger partial charge in [0.25, 0.3) is 0 Å². The quantitative estimate of drug-likeness (QED) is 0.742. The van der Waals surface area contributed by atoms with Crippen LogP contribution >= 0.6 is 24.0 Å². The van der Waals surface area contributed by atoms with E-state index in [2.05, 4.69) is 5.32 Å². The molecule has 1 atom stereocenters. The summed E-state index contributed by atoms with van der Waals surface area (Å²) in [6.45, 7) is 0.574. The first-order chi connectivity index (χ1) is 12.0. The standard InChI is InChI=1S/C19H23ClN2O3.ClH/c1-21-18(12-13-24-16-10-6-15(20)7-11-16)14-4-8-17(9-5-14)25-19(23)22(2)3;/h4-11,18,21H,12-13H2,1-3H3;1H/t18-;/m0./s1. The minimum atomic E-state index is -0.394. The van der Waals surface area contributed by atoms with Crippen LogP contribution in [0.2, 0.25) is 5.02 Å². The van der Waals surface area contributed by atoms with Gasteiger partial charge in [-0.1, -0.05) is 23.7 Å². The zero-order valence-electron chi connectivity index (χ0n) is 15.1. The number of hydrogen-bond donors (Lipinski definition) is 1. The van der Waals surface area contributed by atoms with Crippen molar-refractivity contribution in [2.75, 3.05) is 27.7 Å². The van der Waals surface area contributed by atoms with Crippen LogP contribution in [-0.4, -0.2) is 38.7 Å². The highest BCUT2D eigenvalue weighted by atomic mass is 35.5. The number of hydrogen-bond acceptors (Lipinski definition) is 4. The van der Waals surface area contributed by atoms with Crippen LogP contribution in [0, 0.1) is 0 Å². The molecule has 0 heterocycles. The maximum atomic E-state index is 11.6. The van der Waals surface area contributed by atoms with Crippen LogP contribution in [0.5, 0.6) is 11.5 Å². The lowest BCUT2D eigenvalue weighted by molar-refractivity contribution is 0.172. The first kappa shape index (κ1) is 22.1. The van der Waals surface area contributed by atoms with Crippen LogP contribution in [0.4, 0.5) is 4.79 Å². The molecule has 0 aliphatic rings. The Morgan fingerprint density at radius 1 is 1.08 bits per heavy atom. The SMILES string of the molecule is CN[C@@H](CCOc1ccc(Cl)cc1)c1ccc(OC(=O)N(C)C)cc1.Cl. The zero-order chi connectivity index (χ0) is 18.2. The van der Waals surface area contributed by atoms with Crippen molar-refractivity contribution < 1.29 is 14.3 Å². The van der Waals surface area contributed by atoms with Crippen molar-refractivity contribution in [1.82, 2.24) is 10.2 Å². The fourth-order valence-electron chi connectivity index (χ4n) is 2.26. The molecule has 0 spiro atoms. The van der Waals surface area contributed by atoms with E-state index in [1.807, 2.05) is 31.3 Å². The van der Waals surface area contributed by atoms with E-state index in [-0.39, 0.29) is 18.4 Å². The van der Waals surface area contributed by atoms with Gasteiger partial charge in [0.2, 0.25) is 0 Å². The minimum absolute atomic E-state index is 0. The van der Waals surface area contributed by atoms with Crippen molar-refractivity contribution in [2.45, 2.75) is 12.5 Å². The molecular formula is C19H24Cl2N2O3. The van der Waals surface area contributed by atoms with Gasteiger partial charge in [0.15, 0.2) is 0 Å². The van der Waals surface area contributed by atoms with E-state index in [9.17, 15) is 4.79 Å². The molecule has 0 bridgehead atoms. The van der Waals surface area contributed by atoms with Crippen LogP contribution in [0.25, 0.3) is 0 Å². The summed E-state index contributed by atoms with van der Waals surface area (Å²) in [4.78, 5) is 12.9. The molecule has 0 unspecified atom stereocenters. The molecule has 0 aromatic heterocycles. The maximum Gasteiger partial charge on any atom is 0.414 e. The van der Waals surface area contributed by atoms with Gasteiger partial charge in [0, 0.05) is 31.6 Å². The van der Waals surface area contributed by atoms with Gasteiger partial charge in [0.05, 0.1) is 6.61 Å². The summed E-state index contributed by atoms with van der Waals surface area (Å²) < 4.78 is 11.0. The lowest BCUT2D eigenvalue weighted by Crippen LogP contribution is -2.25. The van der Waals surface area contributed by atoms with Gasteiger partial charge in [-0.2, -0.15) is 0 Å². The highest BCUT2D eigenvalue weighted by Gasteiger charge is 2.11. The summed E-state index contributed by atoms with van der Waals surface area (Å²) in [6.07, 6.45) is 0.407. The molecule has 7 heteroatoms. The Kier molecular flexibility index (Phi) is 9.27. The highest BCUT2D eigenvalue weighted by Crippen LogP contribution is 2.22. The Hall–Kier alpha value is -1.95. The third kappa shape index (κ3) is 6.75. The fourth-order valence-corrected chi connectivity index (χ4v) is 2.39. The first-order valence-corrected chi connectivity index (χ1v) is 8.42. The molecule has 1 amide bonds. The molecule has 2 aromatic carbocycles. The van der Waals surface area contributed by atoms with E-state index in [4.69, 9.17) is 21.1 Å². The van der Waals surface area contributed by atoms with Crippen LogP contribution < -0.4 is 14.8 Å². The normalized spacial score (nSPS) is 11.2. The lowest BCUT2D eigenvalue weighted by atomic mass is 10.0. The van der Waals surface area contributed by atoms with Gasteiger partial charge >= 0.3 is 6.09 Å². The second kappa shape index (κ2) is 10.9. The van der Waals surface area contributed by atoms with Gasteiger partial charge < -0.3 is 19.7 Å². The maximum absolute atomic E-state index is 11.6. The number of carbonyl (C=O) groups is 1. The number of nitrogens with zero attached hydrogens (tertiary/aromatic N) is 1. The molecule has 26 heavy (non-hydrogen) atoms. The Bertz CT molecular complexity index is 676. The molecule has 0 aliphatic carbocycles. The van der Waals surface area contributed by atoms with E-state index in [0.717, 1.165) is 17.7 Å². The van der Waals surface area contributed by atoms with Crippen molar-refractivity contribution in [3.05, 3.63) is 59.1 Å². The van der Waals surface area contributed by atoms with E-state index < -0.39 is 6.09 Å². The number of amides is 1. The molecule has 0 aliphatic heterocycles. The largest absolute Gasteiger partial charge is 0.494 e. The van der Waals surface area contributed by atoms with Crippen molar-refractivity contribution in [2.24, 2.45) is 0 Å². The van der Waals surface area contributed by atoms with Crippen molar-refractivity contribution in [3.63, 3.8) is 0 Å². The third-order valence-corrected chi connectivity index (χ3v) is 3.94. The van der Waals surface area contributed by atoms with E-state index in [0.29, 0.717) is 17.4 Å². The minimum Gasteiger partial charge on any atom is -0.494 e. The van der Waals surface area contributed by atoms with Crippen molar-refractivity contribution in [3.8, 4) is 11.5 Å². The summed E-state index contributed by atoms with van der Waals surface area (Å²) in [5.74, 6) is 1.32.